The highest BCUT2D eigenvalue weighted by molar-refractivity contribution is 6.15. The Morgan fingerprint density at radius 1 is 0.846 bits per heavy atom. The minimum atomic E-state index is 0.582. The van der Waals surface area contributed by atoms with Gasteiger partial charge in [0.25, 0.3) is 0 Å². The maximum absolute atomic E-state index is 5.80. The molecule has 0 atom stereocenters. The van der Waals surface area contributed by atoms with Crippen molar-refractivity contribution in [2.45, 2.75) is 20.3 Å². The molecule has 0 aromatic heterocycles. The van der Waals surface area contributed by atoms with Gasteiger partial charge in [-0.3, -0.25) is 4.99 Å². The second-order valence-electron chi connectivity index (χ2n) is 5.90. The van der Waals surface area contributed by atoms with Gasteiger partial charge < -0.3 is 18.9 Å². The van der Waals surface area contributed by atoms with E-state index in [-0.39, 0.29) is 0 Å². The van der Waals surface area contributed by atoms with Crippen molar-refractivity contribution in [1.82, 2.24) is 0 Å². The molecule has 0 N–H and O–H groups in total. The van der Waals surface area contributed by atoms with E-state index in [1.165, 1.54) is 5.56 Å². The lowest BCUT2D eigenvalue weighted by Crippen LogP contribution is -2.15. The molecule has 5 nitrogen and oxygen atoms in total. The van der Waals surface area contributed by atoms with E-state index in [1.807, 2.05) is 38.1 Å². The van der Waals surface area contributed by atoms with E-state index in [4.69, 9.17) is 23.9 Å². The van der Waals surface area contributed by atoms with Gasteiger partial charge in [-0.25, -0.2) is 0 Å². The van der Waals surface area contributed by atoms with E-state index < -0.39 is 0 Å². The Bertz CT molecular complexity index is 792. The van der Waals surface area contributed by atoms with Crippen molar-refractivity contribution < 1.29 is 18.9 Å². The fraction of sp³-hybridized carbons (Fsp3) is 0.381. The number of aliphatic imine (C=N–C) groups is 1. The smallest absolute Gasteiger partial charge is 0.161 e. The standard InChI is InChI=1S/C21H25NO4/c1-5-25-19-11-14-7-8-22-21(18(14)13-20(19)26-6-2)15-9-16(23-3)12-17(10-15)24-4/h9-13H,5-8H2,1-4H3. The van der Waals surface area contributed by atoms with Crippen LogP contribution in [-0.2, 0) is 6.42 Å². The first-order valence-electron chi connectivity index (χ1n) is 8.90. The maximum atomic E-state index is 5.80. The zero-order valence-electron chi connectivity index (χ0n) is 15.8. The third-order valence-electron chi connectivity index (χ3n) is 4.30. The van der Waals surface area contributed by atoms with Crippen molar-refractivity contribution in [2.75, 3.05) is 34.0 Å². The first kappa shape index (κ1) is 18.1. The maximum Gasteiger partial charge on any atom is 0.161 e. The number of ether oxygens (including phenoxy) is 4. The van der Waals surface area contributed by atoms with Crippen LogP contribution < -0.4 is 18.9 Å². The number of rotatable bonds is 7. The highest BCUT2D eigenvalue weighted by Gasteiger charge is 2.21. The highest BCUT2D eigenvalue weighted by atomic mass is 16.5. The number of fused-ring (bicyclic) bond motifs is 1. The SMILES string of the molecule is CCOc1cc2c(cc1OCC)C(c1cc(OC)cc(OC)c1)=NCC2. The second kappa shape index (κ2) is 8.13. The van der Waals surface area contributed by atoms with E-state index >= 15 is 0 Å². The zero-order valence-corrected chi connectivity index (χ0v) is 15.8. The van der Waals surface area contributed by atoms with Crippen molar-refractivity contribution >= 4 is 5.71 Å². The molecular formula is C21H25NO4. The summed E-state index contributed by atoms with van der Waals surface area (Å²) in [7, 11) is 3.30. The van der Waals surface area contributed by atoms with Crippen LogP contribution in [0, 0.1) is 0 Å². The number of hydrogen-bond donors (Lipinski definition) is 0. The Kier molecular flexibility index (Phi) is 5.66. The van der Waals surface area contributed by atoms with Gasteiger partial charge in [0.05, 0.1) is 33.1 Å². The number of benzene rings is 2. The second-order valence-corrected chi connectivity index (χ2v) is 5.90. The first-order valence-corrected chi connectivity index (χ1v) is 8.90. The van der Waals surface area contributed by atoms with E-state index in [1.54, 1.807) is 14.2 Å². The van der Waals surface area contributed by atoms with Crippen molar-refractivity contribution in [2.24, 2.45) is 4.99 Å². The van der Waals surface area contributed by atoms with Crippen LogP contribution in [0.1, 0.15) is 30.5 Å². The van der Waals surface area contributed by atoms with Crippen LogP contribution in [0.3, 0.4) is 0 Å². The van der Waals surface area contributed by atoms with Gasteiger partial charge in [-0.05, 0) is 50.1 Å². The molecule has 5 heteroatoms. The van der Waals surface area contributed by atoms with Gasteiger partial charge in [-0.2, -0.15) is 0 Å². The predicted molar refractivity (Wildman–Crippen MR) is 103 cm³/mol. The Morgan fingerprint density at radius 3 is 2.04 bits per heavy atom. The van der Waals surface area contributed by atoms with Gasteiger partial charge in [0.2, 0.25) is 0 Å². The fourth-order valence-corrected chi connectivity index (χ4v) is 3.13. The van der Waals surface area contributed by atoms with E-state index in [0.29, 0.717) is 13.2 Å². The lowest BCUT2D eigenvalue weighted by Gasteiger charge is -2.21. The first-order chi connectivity index (χ1) is 12.7. The Morgan fingerprint density at radius 2 is 1.46 bits per heavy atom. The molecule has 0 aliphatic carbocycles. The lowest BCUT2D eigenvalue weighted by molar-refractivity contribution is 0.287. The molecule has 1 aliphatic rings. The molecule has 0 unspecified atom stereocenters. The van der Waals surface area contributed by atoms with Crippen LogP contribution in [0.4, 0.5) is 0 Å². The summed E-state index contributed by atoms with van der Waals surface area (Å²) in [6.07, 6.45) is 0.881. The third-order valence-corrected chi connectivity index (χ3v) is 4.30. The Balaban J connectivity index is 2.10. The minimum Gasteiger partial charge on any atom is -0.497 e. The average molecular weight is 355 g/mol. The minimum absolute atomic E-state index is 0.582. The third kappa shape index (κ3) is 3.62. The van der Waals surface area contributed by atoms with Gasteiger partial charge in [-0.1, -0.05) is 0 Å². The molecule has 0 fully saturated rings. The quantitative estimate of drug-likeness (QED) is 0.756. The van der Waals surface area contributed by atoms with Crippen molar-refractivity contribution in [3.05, 3.63) is 47.0 Å². The van der Waals surface area contributed by atoms with Gasteiger partial charge in [-0.15, -0.1) is 0 Å². The van der Waals surface area contributed by atoms with Crippen LogP contribution in [0.5, 0.6) is 23.0 Å². The van der Waals surface area contributed by atoms with Crippen molar-refractivity contribution in [3.63, 3.8) is 0 Å². The summed E-state index contributed by atoms with van der Waals surface area (Å²) in [6.45, 7) is 5.87. The molecule has 0 radical (unpaired) electrons. The average Bonchev–Trinajstić information content (AvgIpc) is 2.68. The van der Waals surface area contributed by atoms with Crippen LogP contribution in [0.15, 0.2) is 35.3 Å². The molecule has 0 amide bonds. The molecule has 138 valence electrons. The molecule has 2 aromatic carbocycles. The van der Waals surface area contributed by atoms with E-state index in [9.17, 15) is 0 Å². The summed E-state index contributed by atoms with van der Waals surface area (Å²) in [5.74, 6) is 3.02. The number of methoxy groups -OCH3 is 2. The summed E-state index contributed by atoms with van der Waals surface area (Å²) in [5.41, 5.74) is 4.17. The van der Waals surface area contributed by atoms with Crippen molar-refractivity contribution in [3.8, 4) is 23.0 Å². The molecular weight excluding hydrogens is 330 g/mol. The summed E-state index contributed by atoms with van der Waals surface area (Å²) in [5, 5.41) is 0. The molecule has 2 aromatic rings. The molecule has 0 saturated heterocycles. The summed E-state index contributed by atoms with van der Waals surface area (Å²) in [6, 6.07) is 9.93. The highest BCUT2D eigenvalue weighted by Crippen LogP contribution is 2.35. The van der Waals surface area contributed by atoms with Crippen LogP contribution in [0.25, 0.3) is 0 Å². The topological polar surface area (TPSA) is 49.3 Å². The molecule has 1 aliphatic heterocycles. The molecule has 1 heterocycles. The number of hydrogen-bond acceptors (Lipinski definition) is 5. The molecule has 26 heavy (non-hydrogen) atoms. The normalized spacial score (nSPS) is 12.8. The van der Waals surface area contributed by atoms with Gasteiger partial charge in [0.1, 0.15) is 11.5 Å². The predicted octanol–water partition coefficient (Wildman–Crippen LogP) is 3.89. The Labute approximate surface area is 154 Å². The molecule has 0 bridgehead atoms. The summed E-state index contributed by atoms with van der Waals surface area (Å²) < 4.78 is 22.4. The largest absolute Gasteiger partial charge is 0.497 e. The van der Waals surface area contributed by atoms with Gasteiger partial charge in [0.15, 0.2) is 11.5 Å². The van der Waals surface area contributed by atoms with Crippen LogP contribution in [0.2, 0.25) is 0 Å². The van der Waals surface area contributed by atoms with E-state index in [2.05, 4.69) is 6.07 Å². The molecule has 0 saturated carbocycles. The summed E-state index contributed by atoms with van der Waals surface area (Å²) in [4.78, 5) is 4.78. The number of nitrogens with zero attached hydrogens (tertiary/aromatic N) is 1. The Hall–Kier alpha value is -2.69. The van der Waals surface area contributed by atoms with Gasteiger partial charge >= 0.3 is 0 Å². The zero-order chi connectivity index (χ0) is 18.5. The van der Waals surface area contributed by atoms with Crippen LogP contribution >= 0.6 is 0 Å². The lowest BCUT2D eigenvalue weighted by atomic mass is 9.92. The monoisotopic (exact) mass is 355 g/mol. The van der Waals surface area contributed by atoms with Gasteiger partial charge in [0, 0.05) is 23.7 Å². The van der Waals surface area contributed by atoms with Crippen molar-refractivity contribution in [1.29, 1.82) is 0 Å². The van der Waals surface area contributed by atoms with E-state index in [0.717, 1.165) is 52.8 Å². The molecule has 0 spiro atoms. The molecule has 3 rings (SSSR count). The van der Waals surface area contributed by atoms with Crippen LogP contribution in [-0.4, -0.2) is 39.7 Å². The fourth-order valence-electron chi connectivity index (χ4n) is 3.13. The summed E-state index contributed by atoms with van der Waals surface area (Å²) >= 11 is 0.